The molecule has 1 heterocycles. The summed E-state index contributed by atoms with van der Waals surface area (Å²) in [6.45, 7) is 6.60. The second kappa shape index (κ2) is 6.74. The number of nitrogens with zero attached hydrogens (tertiary/aromatic N) is 1. The van der Waals surface area contributed by atoms with Crippen LogP contribution in [0.1, 0.15) is 41.5 Å². The zero-order chi connectivity index (χ0) is 12.8. The lowest BCUT2D eigenvalue weighted by molar-refractivity contribution is 0.0952. The summed E-state index contributed by atoms with van der Waals surface area (Å²) in [5.41, 5.74) is 2.39. The molecule has 0 saturated heterocycles. The average molecular weight is 299 g/mol. The Morgan fingerprint density at radius 3 is 2.76 bits per heavy atom. The van der Waals surface area contributed by atoms with Crippen LogP contribution in [-0.2, 0) is 0 Å². The van der Waals surface area contributed by atoms with Crippen molar-refractivity contribution >= 4 is 21.8 Å². The molecule has 0 bridgehead atoms. The highest BCUT2D eigenvalue weighted by atomic mass is 79.9. The molecule has 4 heteroatoms. The summed E-state index contributed by atoms with van der Waals surface area (Å²) < 4.78 is 0. The molecule has 3 nitrogen and oxygen atoms in total. The maximum absolute atomic E-state index is 11.9. The maximum atomic E-state index is 11.9. The van der Waals surface area contributed by atoms with E-state index in [0.717, 1.165) is 24.2 Å². The van der Waals surface area contributed by atoms with Crippen molar-refractivity contribution in [2.75, 3.05) is 6.54 Å². The molecule has 0 aliphatic rings. The molecular formula is C13H19BrN2O. The van der Waals surface area contributed by atoms with Gasteiger partial charge in [0.15, 0.2) is 0 Å². The van der Waals surface area contributed by atoms with Crippen molar-refractivity contribution in [3.8, 4) is 0 Å². The zero-order valence-corrected chi connectivity index (χ0v) is 12.2. The quantitative estimate of drug-likeness (QED) is 0.849. The lowest BCUT2D eigenvalue weighted by Gasteiger charge is -2.09. The van der Waals surface area contributed by atoms with Gasteiger partial charge >= 0.3 is 0 Å². The number of hydrogen-bond acceptors (Lipinski definition) is 2. The first-order valence-corrected chi connectivity index (χ1v) is 6.82. The first-order chi connectivity index (χ1) is 8.04. The molecule has 1 atom stereocenters. The monoisotopic (exact) mass is 298 g/mol. The van der Waals surface area contributed by atoms with E-state index < -0.39 is 0 Å². The van der Waals surface area contributed by atoms with E-state index in [1.165, 1.54) is 0 Å². The molecule has 0 radical (unpaired) electrons. The van der Waals surface area contributed by atoms with Crippen molar-refractivity contribution in [2.45, 2.75) is 38.4 Å². The van der Waals surface area contributed by atoms with E-state index in [-0.39, 0.29) is 5.91 Å². The molecular weight excluding hydrogens is 280 g/mol. The predicted molar refractivity (Wildman–Crippen MR) is 73.7 cm³/mol. The number of aromatic nitrogens is 1. The van der Waals surface area contributed by atoms with Gasteiger partial charge in [-0.15, -0.1) is 0 Å². The van der Waals surface area contributed by atoms with E-state index in [2.05, 4.69) is 33.2 Å². The molecule has 1 unspecified atom stereocenters. The summed E-state index contributed by atoms with van der Waals surface area (Å²) in [4.78, 5) is 16.6. The van der Waals surface area contributed by atoms with Gasteiger partial charge in [-0.2, -0.15) is 0 Å². The number of carbonyl (C=O) groups excluding carboxylic acids is 1. The summed E-state index contributed by atoms with van der Waals surface area (Å²) >= 11 is 3.54. The molecule has 1 aromatic rings. The van der Waals surface area contributed by atoms with Crippen molar-refractivity contribution in [2.24, 2.45) is 0 Å². The van der Waals surface area contributed by atoms with Crippen LogP contribution in [0.2, 0.25) is 0 Å². The van der Waals surface area contributed by atoms with Gasteiger partial charge in [0.05, 0.1) is 11.3 Å². The van der Waals surface area contributed by atoms with Crippen LogP contribution in [0.5, 0.6) is 0 Å². The maximum Gasteiger partial charge on any atom is 0.253 e. The van der Waals surface area contributed by atoms with Crippen LogP contribution in [-0.4, -0.2) is 22.3 Å². The van der Waals surface area contributed by atoms with Gasteiger partial charge in [0.1, 0.15) is 0 Å². The Morgan fingerprint density at radius 1 is 1.47 bits per heavy atom. The number of pyridine rings is 1. The molecule has 0 saturated carbocycles. The molecule has 0 aliphatic carbocycles. The van der Waals surface area contributed by atoms with E-state index in [1.807, 2.05) is 26.0 Å². The standard InChI is InChI=1S/C13H19BrN2O/c1-4-11(14)7-8-15-13(17)12-6-5-9(2)16-10(12)3/h5-6,11H,4,7-8H2,1-3H3,(H,15,17). The number of nitrogens with one attached hydrogen (secondary N) is 1. The summed E-state index contributed by atoms with van der Waals surface area (Å²) in [6.07, 6.45) is 2.02. The Morgan fingerprint density at radius 2 is 2.18 bits per heavy atom. The van der Waals surface area contributed by atoms with Gasteiger partial charge in [-0.1, -0.05) is 22.9 Å². The highest BCUT2D eigenvalue weighted by Gasteiger charge is 2.09. The minimum atomic E-state index is -0.0363. The Labute approximate surface area is 111 Å². The predicted octanol–water partition coefficient (Wildman–Crippen LogP) is 2.99. The fourth-order valence-electron chi connectivity index (χ4n) is 1.57. The number of rotatable bonds is 5. The molecule has 1 amide bonds. The third-order valence-electron chi connectivity index (χ3n) is 2.66. The van der Waals surface area contributed by atoms with E-state index >= 15 is 0 Å². The third-order valence-corrected chi connectivity index (χ3v) is 3.76. The van der Waals surface area contributed by atoms with E-state index in [0.29, 0.717) is 16.9 Å². The Balaban J connectivity index is 2.52. The summed E-state index contributed by atoms with van der Waals surface area (Å²) in [7, 11) is 0. The van der Waals surface area contributed by atoms with Gasteiger partial charge in [0.2, 0.25) is 0 Å². The number of alkyl halides is 1. The molecule has 1 aromatic heterocycles. The fraction of sp³-hybridized carbons (Fsp3) is 0.538. The highest BCUT2D eigenvalue weighted by Crippen LogP contribution is 2.09. The summed E-state index contributed by atoms with van der Waals surface area (Å²) in [6, 6.07) is 3.69. The Bertz CT molecular complexity index is 393. The zero-order valence-electron chi connectivity index (χ0n) is 10.6. The van der Waals surface area contributed by atoms with Crippen LogP contribution in [0.3, 0.4) is 0 Å². The van der Waals surface area contributed by atoms with Crippen molar-refractivity contribution in [3.63, 3.8) is 0 Å². The van der Waals surface area contributed by atoms with Gasteiger partial charge < -0.3 is 5.32 Å². The lowest BCUT2D eigenvalue weighted by atomic mass is 10.1. The second-order valence-corrected chi connectivity index (χ2v) is 5.43. The Kier molecular flexibility index (Phi) is 5.62. The number of carbonyl (C=O) groups is 1. The largest absolute Gasteiger partial charge is 0.352 e. The van der Waals surface area contributed by atoms with Gasteiger partial charge in [0.25, 0.3) is 5.91 Å². The highest BCUT2D eigenvalue weighted by molar-refractivity contribution is 9.09. The number of amides is 1. The van der Waals surface area contributed by atoms with Crippen molar-refractivity contribution in [1.82, 2.24) is 10.3 Å². The smallest absolute Gasteiger partial charge is 0.253 e. The molecule has 0 aromatic carbocycles. The van der Waals surface area contributed by atoms with E-state index in [4.69, 9.17) is 0 Å². The first kappa shape index (κ1) is 14.2. The van der Waals surface area contributed by atoms with E-state index in [1.54, 1.807) is 0 Å². The Hall–Kier alpha value is -0.900. The first-order valence-electron chi connectivity index (χ1n) is 5.91. The SMILES string of the molecule is CCC(Br)CCNC(=O)c1ccc(C)nc1C. The van der Waals surface area contributed by atoms with Crippen molar-refractivity contribution in [3.05, 3.63) is 29.1 Å². The van der Waals surface area contributed by atoms with Crippen molar-refractivity contribution < 1.29 is 4.79 Å². The summed E-state index contributed by atoms with van der Waals surface area (Å²) in [5, 5.41) is 2.92. The fourth-order valence-corrected chi connectivity index (χ4v) is 1.80. The van der Waals surface area contributed by atoms with Crippen LogP contribution in [0.4, 0.5) is 0 Å². The topological polar surface area (TPSA) is 42.0 Å². The second-order valence-electron chi connectivity index (χ2n) is 4.14. The average Bonchev–Trinajstić information content (AvgIpc) is 2.28. The minimum absolute atomic E-state index is 0.0363. The number of hydrogen-bond donors (Lipinski definition) is 1. The molecule has 1 N–H and O–H groups in total. The summed E-state index contributed by atoms with van der Waals surface area (Å²) in [5.74, 6) is -0.0363. The number of halogens is 1. The van der Waals surface area contributed by atoms with Crippen LogP contribution in [0.15, 0.2) is 12.1 Å². The van der Waals surface area contributed by atoms with Crippen molar-refractivity contribution in [1.29, 1.82) is 0 Å². The number of aryl methyl sites for hydroxylation is 2. The normalized spacial score (nSPS) is 12.2. The molecule has 17 heavy (non-hydrogen) atoms. The molecule has 0 fully saturated rings. The van der Waals surface area contributed by atoms with Gasteiger partial charge in [0, 0.05) is 17.1 Å². The van der Waals surface area contributed by atoms with Crippen LogP contribution < -0.4 is 5.32 Å². The minimum Gasteiger partial charge on any atom is -0.352 e. The van der Waals surface area contributed by atoms with Gasteiger partial charge in [-0.25, -0.2) is 0 Å². The van der Waals surface area contributed by atoms with Gasteiger partial charge in [-0.3, -0.25) is 9.78 Å². The van der Waals surface area contributed by atoms with Crippen LogP contribution in [0, 0.1) is 13.8 Å². The van der Waals surface area contributed by atoms with Crippen LogP contribution in [0.25, 0.3) is 0 Å². The lowest BCUT2D eigenvalue weighted by Crippen LogP contribution is -2.26. The molecule has 0 aliphatic heterocycles. The van der Waals surface area contributed by atoms with Gasteiger partial charge in [-0.05, 0) is 38.8 Å². The van der Waals surface area contributed by atoms with E-state index in [9.17, 15) is 4.79 Å². The third kappa shape index (κ3) is 4.46. The van der Waals surface area contributed by atoms with Crippen LogP contribution >= 0.6 is 15.9 Å². The molecule has 94 valence electrons. The molecule has 1 rings (SSSR count). The molecule has 0 spiro atoms.